The van der Waals surface area contributed by atoms with Crippen molar-refractivity contribution in [2.24, 2.45) is 16.7 Å². The first-order valence-electron chi connectivity index (χ1n) is 19.8. The first kappa shape index (κ1) is 38.6. The lowest BCUT2D eigenvalue weighted by atomic mass is 9.49. The maximum atomic E-state index is 13.5. The highest BCUT2D eigenvalue weighted by molar-refractivity contribution is 6.31. The van der Waals surface area contributed by atoms with Crippen LogP contribution in [0, 0.1) is 28.1 Å². The van der Waals surface area contributed by atoms with Gasteiger partial charge in [0.2, 0.25) is 11.8 Å². The summed E-state index contributed by atoms with van der Waals surface area (Å²) >= 11 is 6.25. The Bertz CT molecular complexity index is 2160. The van der Waals surface area contributed by atoms with Crippen LogP contribution in [0.3, 0.4) is 0 Å². The van der Waals surface area contributed by atoms with E-state index in [9.17, 15) is 29.2 Å². The molecule has 5 amide bonds. The number of halogens is 1. The second-order valence-corrected chi connectivity index (χ2v) is 17.8. The summed E-state index contributed by atoms with van der Waals surface area (Å²) in [6.07, 6.45) is 3.26. The third kappa shape index (κ3) is 6.95. The summed E-state index contributed by atoms with van der Waals surface area (Å²) in [5.74, 6) is -0.861. The largest absolute Gasteiger partial charge is 0.489 e. The molecule has 13 heteroatoms. The van der Waals surface area contributed by atoms with Crippen LogP contribution >= 0.6 is 11.6 Å². The zero-order chi connectivity index (χ0) is 40.4. The van der Waals surface area contributed by atoms with Crippen molar-refractivity contribution < 1.29 is 28.7 Å². The zero-order valence-corrected chi connectivity index (χ0v) is 33.4. The normalized spacial score (nSPS) is 24.0. The van der Waals surface area contributed by atoms with Gasteiger partial charge in [-0.25, -0.2) is 0 Å². The predicted octanol–water partition coefficient (Wildman–Crippen LogP) is 5.85. The highest BCUT2D eigenvalue weighted by Gasteiger charge is 2.64. The first-order valence-corrected chi connectivity index (χ1v) is 20.2. The number of ether oxygens (including phenoxy) is 1. The second-order valence-electron chi connectivity index (χ2n) is 17.4. The van der Waals surface area contributed by atoms with Crippen LogP contribution in [0.4, 0.5) is 5.69 Å². The second kappa shape index (κ2) is 14.6. The first-order chi connectivity index (χ1) is 27.1. The molecule has 2 N–H and O–H groups in total. The summed E-state index contributed by atoms with van der Waals surface area (Å²) < 4.78 is 6.38. The van der Waals surface area contributed by atoms with Gasteiger partial charge in [0.05, 0.1) is 21.7 Å². The zero-order valence-electron chi connectivity index (χ0n) is 32.7. The molecule has 12 nitrogen and oxygen atoms in total. The van der Waals surface area contributed by atoms with Crippen LogP contribution in [-0.4, -0.2) is 77.2 Å². The quantitative estimate of drug-likeness (QED) is 0.255. The van der Waals surface area contributed by atoms with E-state index in [-0.39, 0.29) is 47.6 Å². The smallest absolute Gasteiger partial charge is 0.262 e. The Morgan fingerprint density at radius 2 is 1.54 bits per heavy atom. The van der Waals surface area contributed by atoms with E-state index in [0.29, 0.717) is 52.0 Å². The van der Waals surface area contributed by atoms with Gasteiger partial charge in [-0.2, -0.15) is 5.26 Å². The van der Waals surface area contributed by atoms with Crippen molar-refractivity contribution in [3.63, 3.8) is 0 Å². The number of rotatable bonds is 9. The molecule has 4 aliphatic heterocycles. The number of carbonyl (C=O) groups excluding carboxylic acids is 5. The van der Waals surface area contributed by atoms with Gasteiger partial charge < -0.3 is 15.0 Å². The highest BCUT2D eigenvalue weighted by atomic mass is 35.5. The molecule has 1 unspecified atom stereocenters. The number of nitrogens with one attached hydrogen (secondary N) is 2. The van der Waals surface area contributed by atoms with E-state index in [1.54, 1.807) is 18.2 Å². The summed E-state index contributed by atoms with van der Waals surface area (Å²) in [5.41, 5.74) is 4.16. The molecule has 296 valence electrons. The van der Waals surface area contributed by atoms with E-state index < -0.39 is 23.8 Å². The van der Waals surface area contributed by atoms with Gasteiger partial charge in [-0.05, 0) is 97.8 Å². The van der Waals surface area contributed by atoms with E-state index >= 15 is 0 Å². The van der Waals surface area contributed by atoms with Gasteiger partial charge in [-0.1, -0.05) is 39.3 Å². The molecule has 4 heterocycles. The minimum absolute atomic E-state index is 0.0970. The summed E-state index contributed by atoms with van der Waals surface area (Å²) in [5, 5.41) is 15.1. The SMILES string of the molecule is CC1(C)[C@H](NC(=O)c2ccc(N3CCC(CCN4Cc5cc6c(cc5C4)C(=O)N(C4CCC(=O)NC4=O)C6=O)CC3)cc2)C(C)(C)[C@H]1Oc1ccc(C#N)c(Cl)c1. The monoisotopic (exact) mass is 790 g/mol. The number of benzene rings is 3. The van der Waals surface area contributed by atoms with Crippen LogP contribution in [-0.2, 0) is 22.7 Å². The van der Waals surface area contributed by atoms with E-state index in [2.05, 4.69) is 54.2 Å². The molecule has 1 saturated carbocycles. The molecule has 3 fully saturated rings. The van der Waals surface area contributed by atoms with E-state index in [4.69, 9.17) is 16.3 Å². The van der Waals surface area contributed by atoms with Gasteiger partial charge in [-0.15, -0.1) is 0 Å². The minimum atomic E-state index is -0.961. The molecule has 3 aromatic rings. The molecular formula is C44H47ClN6O6. The van der Waals surface area contributed by atoms with Crippen molar-refractivity contribution in [2.45, 2.75) is 91.1 Å². The molecule has 0 spiro atoms. The van der Waals surface area contributed by atoms with Crippen molar-refractivity contribution in [2.75, 3.05) is 24.5 Å². The fraction of sp³-hybridized carbons (Fsp3) is 0.455. The average molecular weight is 791 g/mol. The molecule has 57 heavy (non-hydrogen) atoms. The number of nitriles is 1. The number of piperidine rings is 2. The molecule has 0 radical (unpaired) electrons. The molecule has 1 atom stereocenters. The number of nitrogens with zero attached hydrogens (tertiary/aromatic N) is 4. The Kier molecular flexibility index (Phi) is 9.89. The maximum absolute atomic E-state index is 13.5. The van der Waals surface area contributed by atoms with Gasteiger partial charge in [0.1, 0.15) is 24.0 Å². The Hall–Kier alpha value is -5.25. The summed E-state index contributed by atoms with van der Waals surface area (Å²) in [4.78, 5) is 69.9. The lowest BCUT2D eigenvalue weighted by Crippen LogP contribution is -2.74. The van der Waals surface area contributed by atoms with Crippen molar-refractivity contribution in [1.29, 1.82) is 5.26 Å². The number of carbonyl (C=O) groups is 5. The molecule has 0 aromatic heterocycles. The van der Waals surface area contributed by atoms with Crippen LogP contribution in [0.15, 0.2) is 54.6 Å². The molecule has 5 aliphatic rings. The minimum Gasteiger partial charge on any atom is -0.489 e. The van der Waals surface area contributed by atoms with Crippen molar-refractivity contribution in [1.82, 2.24) is 20.4 Å². The molecule has 1 aliphatic carbocycles. The van der Waals surface area contributed by atoms with Gasteiger partial charge in [0.25, 0.3) is 17.7 Å². The maximum Gasteiger partial charge on any atom is 0.262 e. The fourth-order valence-electron chi connectivity index (χ4n) is 10.1. The lowest BCUT2D eigenvalue weighted by Gasteiger charge is -2.63. The molecule has 3 aromatic carbocycles. The lowest BCUT2D eigenvalue weighted by molar-refractivity contribution is -0.164. The number of imide groups is 2. The van der Waals surface area contributed by atoms with Crippen molar-refractivity contribution in [3.8, 4) is 11.8 Å². The van der Waals surface area contributed by atoms with E-state index in [1.165, 1.54) is 0 Å². The Balaban J connectivity index is 0.799. The number of hydrogen-bond acceptors (Lipinski definition) is 9. The van der Waals surface area contributed by atoms with Crippen LogP contribution in [0.25, 0.3) is 0 Å². The predicted molar refractivity (Wildman–Crippen MR) is 213 cm³/mol. The Morgan fingerprint density at radius 1 is 0.912 bits per heavy atom. The Morgan fingerprint density at radius 3 is 2.12 bits per heavy atom. The van der Waals surface area contributed by atoms with Crippen molar-refractivity contribution >= 4 is 46.8 Å². The van der Waals surface area contributed by atoms with E-state index in [1.807, 2.05) is 36.4 Å². The third-order valence-electron chi connectivity index (χ3n) is 12.9. The number of hydrogen-bond donors (Lipinski definition) is 2. The average Bonchev–Trinajstić information content (AvgIpc) is 3.70. The standard InChI is InChI=1S/C44H47ClN6O6/c1-43(2)41(44(3,4)42(43)57-31-10-7-27(22-46)34(45)21-31)48-37(53)26-5-8-30(9-6-26)50-17-14-25(15-18-50)13-16-49-23-28-19-32-33(20-29(28)24-49)40(56)51(39(32)55)35-11-12-36(52)47-38(35)54/h5-10,19-21,25,35,41-42H,11-18,23-24H2,1-4H3,(H,48,53)(H,47,52,54)/t35?,41-,42-. The third-order valence-corrected chi connectivity index (χ3v) is 13.3. The van der Waals surface area contributed by atoms with Crippen LogP contribution in [0.5, 0.6) is 5.75 Å². The number of anilines is 1. The fourth-order valence-corrected chi connectivity index (χ4v) is 10.3. The summed E-state index contributed by atoms with van der Waals surface area (Å²) in [7, 11) is 0. The van der Waals surface area contributed by atoms with Crippen molar-refractivity contribution in [3.05, 3.63) is 93.0 Å². The van der Waals surface area contributed by atoms with E-state index in [0.717, 1.165) is 60.6 Å². The summed E-state index contributed by atoms with van der Waals surface area (Å²) in [6.45, 7) is 12.6. The van der Waals surface area contributed by atoms with Crippen LogP contribution < -0.4 is 20.3 Å². The molecule has 0 bridgehead atoms. The van der Waals surface area contributed by atoms with Crippen LogP contribution in [0.2, 0.25) is 5.02 Å². The van der Waals surface area contributed by atoms with Gasteiger partial charge in [0.15, 0.2) is 0 Å². The number of fused-ring (bicyclic) bond motifs is 2. The summed E-state index contributed by atoms with van der Waals surface area (Å²) in [6, 6.07) is 17.6. The van der Waals surface area contributed by atoms with Crippen LogP contribution in [0.1, 0.15) is 108 Å². The highest BCUT2D eigenvalue weighted by Crippen LogP contribution is 2.55. The molecular weight excluding hydrogens is 744 g/mol. The van der Waals surface area contributed by atoms with Gasteiger partial charge >= 0.3 is 0 Å². The number of amides is 5. The Labute approximate surface area is 337 Å². The van der Waals surface area contributed by atoms with Gasteiger partial charge in [0, 0.05) is 66.8 Å². The molecule has 2 saturated heterocycles. The van der Waals surface area contributed by atoms with Gasteiger partial charge in [-0.3, -0.25) is 39.1 Å². The topological polar surface area (TPSA) is 152 Å². The molecule has 8 rings (SSSR count).